The predicted molar refractivity (Wildman–Crippen MR) is 141 cm³/mol. The number of halogens is 1. The number of rotatable bonds is 9. The highest BCUT2D eigenvalue weighted by atomic mass is 32.2. The fourth-order valence-corrected chi connectivity index (χ4v) is 5.86. The fourth-order valence-electron chi connectivity index (χ4n) is 3.99. The van der Waals surface area contributed by atoms with E-state index in [9.17, 15) is 18.8 Å². The van der Waals surface area contributed by atoms with Crippen LogP contribution in [0.1, 0.15) is 39.0 Å². The Morgan fingerprint density at radius 3 is 2.67 bits per heavy atom. The third-order valence-electron chi connectivity index (χ3n) is 5.65. The van der Waals surface area contributed by atoms with Crippen molar-refractivity contribution in [3.63, 3.8) is 0 Å². The summed E-state index contributed by atoms with van der Waals surface area (Å²) in [4.78, 5) is 47.0. The van der Waals surface area contributed by atoms with Gasteiger partial charge in [0, 0.05) is 23.2 Å². The number of nitrogens with zero attached hydrogens (tertiary/aromatic N) is 2. The van der Waals surface area contributed by atoms with Gasteiger partial charge in [-0.05, 0) is 44.0 Å². The van der Waals surface area contributed by atoms with Gasteiger partial charge in [0.15, 0.2) is 10.9 Å². The Balaban J connectivity index is 1.66. The lowest BCUT2D eigenvalue weighted by molar-refractivity contribution is 0.0525. The molecular formula is C26H24FN3O4S2. The summed E-state index contributed by atoms with van der Waals surface area (Å²) >= 11 is 2.46. The number of aromatic nitrogens is 3. The second kappa shape index (κ2) is 10.6. The molecule has 0 aliphatic rings. The van der Waals surface area contributed by atoms with Gasteiger partial charge in [0.05, 0.1) is 29.0 Å². The Bertz CT molecular complexity index is 1530. The number of hydrogen-bond donors (Lipinski definition) is 1. The molecule has 0 bridgehead atoms. The minimum absolute atomic E-state index is 0.00828. The quantitative estimate of drug-likeness (QED) is 0.101. The van der Waals surface area contributed by atoms with Crippen LogP contribution in [0.25, 0.3) is 21.3 Å². The maximum Gasteiger partial charge on any atom is 0.340 e. The normalized spacial score (nSPS) is 11.1. The van der Waals surface area contributed by atoms with Crippen molar-refractivity contribution in [2.45, 2.75) is 32.5 Å². The zero-order valence-electron chi connectivity index (χ0n) is 20.0. The van der Waals surface area contributed by atoms with E-state index in [-0.39, 0.29) is 36.1 Å². The summed E-state index contributed by atoms with van der Waals surface area (Å²) in [5.74, 6) is -1.05. The van der Waals surface area contributed by atoms with Crippen molar-refractivity contribution in [3.8, 4) is 11.1 Å². The molecule has 0 fully saturated rings. The Morgan fingerprint density at radius 1 is 1.28 bits per heavy atom. The van der Waals surface area contributed by atoms with Crippen LogP contribution in [0.3, 0.4) is 0 Å². The maximum atomic E-state index is 13.5. The zero-order chi connectivity index (χ0) is 26.0. The first-order valence-corrected chi connectivity index (χ1v) is 13.0. The number of hydrogen-bond acceptors (Lipinski definition) is 7. The molecule has 0 saturated heterocycles. The van der Waals surface area contributed by atoms with Gasteiger partial charge in [-0.25, -0.2) is 14.2 Å². The molecule has 186 valence electrons. The van der Waals surface area contributed by atoms with Crippen molar-refractivity contribution in [2.75, 3.05) is 12.4 Å². The zero-order valence-corrected chi connectivity index (χ0v) is 21.6. The number of carbonyl (C=O) groups excluding carboxylic acids is 2. The summed E-state index contributed by atoms with van der Waals surface area (Å²) in [6, 6.07) is 5.95. The van der Waals surface area contributed by atoms with Crippen molar-refractivity contribution in [1.82, 2.24) is 14.5 Å². The molecule has 4 rings (SSSR count). The molecule has 0 unspecified atom stereocenters. The number of carbonyl (C=O) groups is 2. The van der Waals surface area contributed by atoms with E-state index in [1.165, 1.54) is 28.0 Å². The number of fused-ring (bicyclic) bond motifs is 1. The van der Waals surface area contributed by atoms with E-state index in [1.54, 1.807) is 39.0 Å². The summed E-state index contributed by atoms with van der Waals surface area (Å²) < 4.78 is 20.0. The van der Waals surface area contributed by atoms with Gasteiger partial charge in [0.1, 0.15) is 10.6 Å². The smallest absolute Gasteiger partial charge is 0.340 e. The van der Waals surface area contributed by atoms with Crippen LogP contribution >= 0.6 is 23.1 Å². The summed E-state index contributed by atoms with van der Waals surface area (Å²) in [5, 5.41) is 2.66. The highest BCUT2D eigenvalue weighted by molar-refractivity contribution is 7.99. The number of aromatic amines is 1. The number of benzene rings is 1. The summed E-state index contributed by atoms with van der Waals surface area (Å²) in [7, 11) is 0. The van der Waals surface area contributed by atoms with E-state index >= 15 is 0 Å². The van der Waals surface area contributed by atoms with Gasteiger partial charge in [0.25, 0.3) is 5.56 Å². The van der Waals surface area contributed by atoms with Gasteiger partial charge >= 0.3 is 5.97 Å². The first-order valence-electron chi connectivity index (χ1n) is 11.2. The molecule has 0 aliphatic carbocycles. The highest BCUT2D eigenvalue weighted by Crippen LogP contribution is 2.32. The minimum Gasteiger partial charge on any atom is -0.462 e. The molecule has 0 atom stereocenters. The monoisotopic (exact) mass is 525 g/mol. The van der Waals surface area contributed by atoms with E-state index in [2.05, 4.69) is 16.5 Å². The number of Topliss-reactive ketones (excluding diaryl/α,β-unsaturated/α-hetero) is 1. The average Bonchev–Trinajstić information content (AvgIpc) is 3.40. The van der Waals surface area contributed by atoms with Crippen LogP contribution in [-0.2, 0) is 11.3 Å². The van der Waals surface area contributed by atoms with Gasteiger partial charge < -0.3 is 9.72 Å². The molecular weight excluding hydrogens is 501 g/mol. The van der Waals surface area contributed by atoms with Crippen LogP contribution in [0, 0.1) is 19.7 Å². The van der Waals surface area contributed by atoms with Crippen molar-refractivity contribution in [1.29, 1.82) is 0 Å². The Morgan fingerprint density at radius 2 is 2.00 bits per heavy atom. The molecule has 0 saturated carbocycles. The van der Waals surface area contributed by atoms with E-state index < -0.39 is 5.97 Å². The number of allylic oxidation sites excluding steroid dienone is 1. The molecule has 7 nitrogen and oxygen atoms in total. The van der Waals surface area contributed by atoms with Gasteiger partial charge in [0.2, 0.25) is 0 Å². The van der Waals surface area contributed by atoms with Gasteiger partial charge in [-0.15, -0.1) is 17.9 Å². The predicted octanol–water partition coefficient (Wildman–Crippen LogP) is 5.55. The molecule has 3 heterocycles. The van der Waals surface area contributed by atoms with Gasteiger partial charge in [-0.3, -0.25) is 14.2 Å². The molecule has 0 radical (unpaired) electrons. The standard InChI is InChI=1S/C26H24FN3O4S2/c1-5-11-30-24(32)21-18(16-7-9-17(27)10-8-16)12-35-23(21)29-26(30)36-13-19(31)22-14(3)20(15(4)28-22)25(33)34-6-2/h5,7-10,12,28H,1,6,11,13H2,2-4H3. The number of aryl methyl sites for hydroxylation is 1. The number of thioether (sulfide) groups is 1. The molecule has 3 aromatic heterocycles. The molecule has 10 heteroatoms. The number of thiophene rings is 1. The van der Waals surface area contributed by atoms with Crippen LogP contribution in [0.15, 0.2) is 52.3 Å². The molecule has 0 aliphatic heterocycles. The van der Waals surface area contributed by atoms with Crippen molar-refractivity contribution in [3.05, 3.63) is 81.0 Å². The van der Waals surface area contributed by atoms with Crippen LogP contribution in [0.5, 0.6) is 0 Å². The van der Waals surface area contributed by atoms with Gasteiger partial charge in [-0.1, -0.05) is 30.0 Å². The van der Waals surface area contributed by atoms with E-state index in [1.807, 2.05) is 5.38 Å². The van der Waals surface area contributed by atoms with Crippen LogP contribution in [0.2, 0.25) is 0 Å². The van der Waals surface area contributed by atoms with Crippen molar-refractivity contribution in [2.24, 2.45) is 0 Å². The lowest BCUT2D eigenvalue weighted by atomic mass is 10.1. The second-order valence-corrected chi connectivity index (χ2v) is 9.79. The minimum atomic E-state index is -0.475. The summed E-state index contributed by atoms with van der Waals surface area (Å²) in [6.45, 7) is 9.34. The number of H-pyrrole nitrogens is 1. The number of nitrogens with one attached hydrogen (secondary N) is 1. The molecule has 4 aromatic rings. The Kier molecular flexibility index (Phi) is 7.56. The molecule has 1 N–H and O–H groups in total. The van der Waals surface area contributed by atoms with Crippen LogP contribution in [-0.4, -0.2) is 38.6 Å². The summed E-state index contributed by atoms with van der Waals surface area (Å²) in [6.07, 6.45) is 1.59. The van der Waals surface area contributed by atoms with Crippen molar-refractivity contribution < 1.29 is 18.7 Å². The van der Waals surface area contributed by atoms with Crippen LogP contribution in [0.4, 0.5) is 4.39 Å². The second-order valence-electron chi connectivity index (χ2n) is 7.99. The van der Waals surface area contributed by atoms with E-state index in [0.29, 0.717) is 43.5 Å². The third-order valence-corrected chi connectivity index (χ3v) is 7.50. The number of esters is 1. The third kappa shape index (κ3) is 4.78. The Hall–Kier alpha value is -3.50. The van der Waals surface area contributed by atoms with E-state index in [0.717, 1.165) is 17.3 Å². The molecule has 0 amide bonds. The SMILES string of the molecule is C=CCn1c(SCC(=O)c2[nH]c(C)c(C(=O)OCC)c2C)nc2scc(-c3ccc(F)cc3)c2c1=O. The number of ketones is 1. The molecule has 0 spiro atoms. The van der Waals surface area contributed by atoms with E-state index in [4.69, 9.17) is 4.74 Å². The molecule has 1 aromatic carbocycles. The highest BCUT2D eigenvalue weighted by Gasteiger charge is 2.24. The lowest BCUT2D eigenvalue weighted by Crippen LogP contribution is -2.23. The topological polar surface area (TPSA) is 94.1 Å². The molecule has 36 heavy (non-hydrogen) atoms. The first kappa shape index (κ1) is 25.6. The van der Waals surface area contributed by atoms with Crippen LogP contribution < -0.4 is 5.56 Å². The average molecular weight is 526 g/mol. The first-order chi connectivity index (χ1) is 17.3. The van der Waals surface area contributed by atoms with Gasteiger partial charge in [-0.2, -0.15) is 0 Å². The van der Waals surface area contributed by atoms with Crippen molar-refractivity contribution >= 4 is 45.1 Å². The lowest BCUT2D eigenvalue weighted by Gasteiger charge is -2.10. The number of ether oxygens (including phenoxy) is 1. The Labute approximate surface area is 215 Å². The summed E-state index contributed by atoms with van der Waals surface area (Å²) in [5.41, 5.74) is 2.93. The fraction of sp³-hybridized carbons (Fsp3) is 0.231. The largest absolute Gasteiger partial charge is 0.462 e. The maximum absolute atomic E-state index is 13.5.